The fourth-order valence-electron chi connectivity index (χ4n) is 6.75. The predicted molar refractivity (Wildman–Crippen MR) is 209 cm³/mol. The first kappa shape index (κ1) is 49.9. The minimum Gasteiger partial charge on any atom is -0.394 e. The van der Waals surface area contributed by atoms with Gasteiger partial charge in [-0.05, 0) is 19.3 Å². The molecule has 0 aromatic rings. The molecular weight excluding hydrogens is 703 g/mol. The second kappa shape index (κ2) is 32.0. The molecule has 0 saturated carbocycles. The molecule has 0 spiro atoms. The number of hydrogen-bond acceptors (Lipinski definition) is 10. The molecule has 1 fully saturated rings. The quantitative estimate of drug-likeness (QED) is 0.0216. The van der Waals surface area contributed by atoms with Crippen LogP contribution < -0.4 is 5.32 Å². The van der Waals surface area contributed by atoms with Crippen LogP contribution in [0, 0.1) is 0 Å². The third kappa shape index (κ3) is 25.6. The van der Waals surface area contributed by atoms with E-state index in [1.165, 1.54) is 116 Å². The Morgan fingerprint density at radius 1 is 0.736 bits per heavy atom. The van der Waals surface area contributed by atoms with Crippen molar-refractivity contribution < 1.29 is 51.8 Å². The number of rotatable bonds is 35. The highest BCUT2D eigenvalue weighted by Gasteiger charge is 2.48. The second-order valence-corrected chi connectivity index (χ2v) is 16.0. The Morgan fingerprint density at radius 2 is 1.19 bits per heavy atom. The average Bonchev–Trinajstić information content (AvgIpc) is 3.12. The molecule has 1 amide bonds. The normalized spacial score (nSPS) is 22.0. The van der Waals surface area contributed by atoms with Crippen LogP contribution in [0.5, 0.6) is 0 Å². The lowest BCUT2D eigenvalue weighted by molar-refractivity contribution is -0.298. The molecule has 1 rings (SSSR count). The molecule has 0 aromatic heterocycles. The molecule has 13 heteroatoms. The monoisotopic (exact) mass is 780 g/mol. The van der Waals surface area contributed by atoms with Crippen LogP contribution in [0.1, 0.15) is 181 Å². The fraction of sp³-hybridized carbons (Fsp3) is 0.925. The Kier molecular flexibility index (Phi) is 30.1. The highest BCUT2D eigenvalue weighted by atomic mass is 32.3. The molecule has 7 atom stereocenters. The number of aliphatic hydroxyl groups excluding tert-OH is 4. The number of unbranched alkanes of at least 4 members (excludes halogenated alkanes) is 23. The summed E-state index contributed by atoms with van der Waals surface area (Å²) in [4.78, 5) is 12.9. The smallest absolute Gasteiger partial charge is 0.394 e. The van der Waals surface area contributed by atoms with Gasteiger partial charge in [0.05, 0.1) is 25.4 Å². The zero-order valence-electron chi connectivity index (χ0n) is 33.1. The Hall–Kier alpha value is -1.16. The van der Waals surface area contributed by atoms with Gasteiger partial charge in [0, 0.05) is 6.42 Å². The maximum atomic E-state index is 12.9. The Morgan fingerprint density at radius 3 is 1.64 bits per heavy atom. The molecule has 0 aromatic carbocycles. The molecule has 1 saturated heterocycles. The first-order chi connectivity index (χ1) is 25.5. The number of carbonyl (C=O) groups is 1. The van der Waals surface area contributed by atoms with Crippen LogP contribution in [-0.2, 0) is 28.9 Å². The van der Waals surface area contributed by atoms with Crippen molar-refractivity contribution in [2.45, 2.75) is 224 Å². The second-order valence-electron chi connectivity index (χ2n) is 14.9. The maximum absolute atomic E-state index is 12.9. The number of hydrogen-bond donors (Lipinski definition) is 6. The lowest BCUT2D eigenvalue weighted by Crippen LogP contribution is -2.61. The van der Waals surface area contributed by atoms with Gasteiger partial charge < -0.3 is 35.2 Å². The predicted octanol–water partition coefficient (Wildman–Crippen LogP) is 7.21. The van der Waals surface area contributed by atoms with Crippen LogP contribution in [0.25, 0.3) is 0 Å². The molecule has 0 aliphatic carbocycles. The van der Waals surface area contributed by atoms with E-state index in [-0.39, 0.29) is 18.9 Å². The SMILES string of the molecule is CCCCCCCCCCCCCC/C=C/C(O)C(COC1OC(CO)C(O)C(OS(=O)(=O)O)C1O)NC(=O)CCCCCCCCCCCCCC. The fourth-order valence-corrected chi connectivity index (χ4v) is 7.26. The minimum atomic E-state index is -5.08. The van der Waals surface area contributed by atoms with Gasteiger partial charge in [0.2, 0.25) is 5.91 Å². The highest BCUT2D eigenvalue weighted by Crippen LogP contribution is 2.26. The molecule has 0 radical (unpaired) electrons. The lowest BCUT2D eigenvalue weighted by atomic mass is 9.99. The summed E-state index contributed by atoms with van der Waals surface area (Å²) in [7, 11) is -5.08. The first-order valence-electron chi connectivity index (χ1n) is 21.1. The number of allylic oxidation sites excluding steroid dienone is 1. The van der Waals surface area contributed by atoms with Crippen LogP contribution in [0.3, 0.4) is 0 Å². The van der Waals surface area contributed by atoms with Gasteiger partial charge >= 0.3 is 10.4 Å². The van der Waals surface area contributed by atoms with Gasteiger partial charge in [-0.2, -0.15) is 8.42 Å². The van der Waals surface area contributed by atoms with E-state index in [2.05, 4.69) is 23.3 Å². The van der Waals surface area contributed by atoms with E-state index in [1.807, 2.05) is 6.08 Å². The van der Waals surface area contributed by atoms with Crippen LogP contribution in [0.2, 0.25) is 0 Å². The Balaban J connectivity index is 2.60. The molecule has 1 aliphatic rings. The summed E-state index contributed by atoms with van der Waals surface area (Å²) in [6, 6.07) is -0.936. The van der Waals surface area contributed by atoms with Gasteiger partial charge in [-0.3, -0.25) is 9.35 Å². The van der Waals surface area contributed by atoms with Crippen LogP contribution in [-0.4, -0.2) is 95.4 Å². The van der Waals surface area contributed by atoms with E-state index in [4.69, 9.17) is 14.0 Å². The van der Waals surface area contributed by atoms with Crippen molar-refractivity contribution in [1.82, 2.24) is 5.32 Å². The Labute approximate surface area is 321 Å². The van der Waals surface area contributed by atoms with Crippen molar-refractivity contribution >= 4 is 16.3 Å². The number of amides is 1. The third-order valence-corrected chi connectivity index (χ3v) is 10.5. The van der Waals surface area contributed by atoms with Crippen molar-refractivity contribution in [2.75, 3.05) is 13.2 Å². The summed E-state index contributed by atoms with van der Waals surface area (Å²) in [6.45, 7) is 3.36. The molecule has 7 unspecified atom stereocenters. The van der Waals surface area contributed by atoms with Gasteiger partial charge in [0.1, 0.15) is 24.4 Å². The summed E-state index contributed by atoms with van der Waals surface area (Å²) < 4.78 is 47.4. The minimum absolute atomic E-state index is 0.263. The lowest BCUT2D eigenvalue weighted by Gasteiger charge is -2.41. The summed E-state index contributed by atoms with van der Waals surface area (Å²) >= 11 is 0. The van der Waals surface area contributed by atoms with Gasteiger partial charge in [0.25, 0.3) is 0 Å². The summed E-state index contributed by atoms with van der Waals surface area (Å²) in [5.74, 6) is -0.263. The number of aliphatic hydroxyl groups is 4. The van der Waals surface area contributed by atoms with Crippen molar-refractivity contribution in [1.29, 1.82) is 0 Å². The number of carbonyl (C=O) groups excluding carboxylic acids is 1. The maximum Gasteiger partial charge on any atom is 0.397 e. The van der Waals surface area contributed by atoms with Crippen molar-refractivity contribution in [3.63, 3.8) is 0 Å². The van der Waals surface area contributed by atoms with E-state index >= 15 is 0 Å². The topological polar surface area (TPSA) is 192 Å². The van der Waals surface area contributed by atoms with Crippen molar-refractivity contribution in [2.24, 2.45) is 0 Å². The van der Waals surface area contributed by atoms with Crippen LogP contribution >= 0.6 is 0 Å². The standard InChI is InChI=1S/C40H77NO11S/c1-3-5-7-9-11-13-15-17-18-19-21-23-25-27-29-34(43)33(41-36(44)30-28-26-24-22-20-16-14-12-10-8-6-4-2)32-50-40-38(46)39(52-53(47,48)49)37(45)35(31-42)51-40/h27,29,33-35,37-40,42-43,45-46H,3-26,28,30-32H2,1-2H3,(H,41,44)(H,47,48,49)/b29-27+. The van der Waals surface area contributed by atoms with Crippen molar-refractivity contribution in [3.05, 3.63) is 12.2 Å². The van der Waals surface area contributed by atoms with E-state index in [1.54, 1.807) is 6.08 Å². The van der Waals surface area contributed by atoms with Crippen LogP contribution in [0.4, 0.5) is 0 Å². The van der Waals surface area contributed by atoms with E-state index in [0.29, 0.717) is 6.42 Å². The molecule has 6 N–H and O–H groups in total. The number of ether oxygens (including phenoxy) is 2. The van der Waals surface area contributed by atoms with Crippen molar-refractivity contribution in [3.8, 4) is 0 Å². The van der Waals surface area contributed by atoms with E-state index in [9.17, 15) is 33.6 Å². The summed E-state index contributed by atoms with van der Waals surface area (Å²) in [6.07, 6.45) is 23.9. The van der Waals surface area contributed by atoms with Crippen LogP contribution in [0.15, 0.2) is 12.2 Å². The summed E-state index contributed by atoms with van der Waals surface area (Å²) in [5.41, 5.74) is 0. The Bertz CT molecular complexity index is 1010. The summed E-state index contributed by atoms with van der Waals surface area (Å²) in [5, 5.41) is 44.5. The third-order valence-electron chi connectivity index (χ3n) is 10.1. The van der Waals surface area contributed by atoms with Gasteiger partial charge in [-0.1, -0.05) is 167 Å². The molecular formula is C40H77NO11S. The molecule has 1 aliphatic heterocycles. The van der Waals surface area contributed by atoms with E-state index in [0.717, 1.165) is 38.5 Å². The molecule has 53 heavy (non-hydrogen) atoms. The number of nitrogens with one attached hydrogen (secondary N) is 1. The highest BCUT2D eigenvalue weighted by molar-refractivity contribution is 7.80. The van der Waals surface area contributed by atoms with E-state index < -0.39 is 59.9 Å². The first-order valence-corrected chi connectivity index (χ1v) is 22.4. The molecule has 1 heterocycles. The zero-order chi connectivity index (χ0) is 39.2. The largest absolute Gasteiger partial charge is 0.397 e. The zero-order valence-corrected chi connectivity index (χ0v) is 33.9. The van der Waals surface area contributed by atoms with Gasteiger partial charge in [-0.25, -0.2) is 4.18 Å². The average molecular weight is 780 g/mol. The molecule has 12 nitrogen and oxygen atoms in total. The van der Waals surface area contributed by atoms with Gasteiger partial charge in [-0.15, -0.1) is 0 Å². The molecule has 0 bridgehead atoms. The molecule has 314 valence electrons. The van der Waals surface area contributed by atoms with Gasteiger partial charge in [0.15, 0.2) is 6.29 Å².